The van der Waals surface area contributed by atoms with Gasteiger partial charge in [-0.15, -0.1) is 0 Å². The van der Waals surface area contributed by atoms with Gasteiger partial charge in [-0.1, -0.05) is 60.7 Å². The monoisotopic (exact) mass is 374 g/mol. The van der Waals surface area contributed by atoms with Gasteiger partial charge in [-0.3, -0.25) is 9.59 Å². The smallest absolute Gasteiger partial charge is 0.227 e. The van der Waals surface area contributed by atoms with Crippen LogP contribution in [0.2, 0.25) is 0 Å². The van der Waals surface area contributed by atoms with Gasteiger partial charge in [0.1, 0.15) is 0 Å². The maximum atomic E-state index is 12.6. The lowest BCUT2D eigenvalue weighted by molar-refractivity contribution is -0.126. The zero-order valence-corrected chi connectivity index (χ0v) is 15.4. The van der Waals surface area contributed by atoms with E-state index in [0.717, 1.165) is 22.0 Å². The normalized spacial score (nSPS) is 17.7. The molecule has 1 fully saturated rings. The minimum absolute atomic E-state index is 0.0547. The molecule has 5 heteroatoms. The molecule has 0 aliphatic carbocycles. The molecule has 2 amide bonds. The van der Waals surface area contributed by atoms with Crippen LogP contribution in [-0.4, -0.2) is 30.0 Å². The molecule has 0 spiro atoms. The molecule has 0 aromatic heterocycles. The van der Waals surface area contributed by atoms with E-state index in [1.165, 1.54) is 0 Å². The minimum Gasteiger partial charge on any atom is -0.387 e. The molecule has 2 atom stereocenters. The summed E-state index contributed by atoms with van der Waals surface area (Å²) >= 11 is 0. The summed E-state index contributed by atoms with van der Waals surface area (Å²) in [7, 11) is 0. The van der Waals surface area contributed by atoms with Crippen LogP contribution < -0.4 is 10.2 Å². The lowest BCUT2D eigenvalue weighted by Gasteiger charge is -2.18. The number of carbonyl (C=O) groups is 2. The summed E-state index contributed by atoms with van der Waals surface area (Å²) in [6, 6.07) is 23.0. The lowest BCUT2D eigenvalue weighted by atomic mass is 10.00. The second-order valence-electron chi connectivity index (χ2n) is 7.07. The maximum Gasteiger partial charge on any atom is 0.227 e. The Bertz CT molecular complexity index is 998. The molecule has 1 aliphatic heterocycles. The van der Waals surface area contributed by atoms with Crippen molar-refractivity contribution in [1.29, 1.82) is 0 Å². The average molecular weight is 374 g/mol. The van der Waals surface area contributed by atoms with E-state index in [0.29, 0.717) is 6.54 Å². The van der Waals surface area contributed by atoms with E-state index in [1.807, 2.05) is 72.8 Å². The van der Waals surface area contributed by atoms with Gasteiger partial charge in [-0.25, -0.2) is 0 Å². The highest BCUT2D eigenvalue weighted by molar-refractivity contribution is 6.00. The fourth-order valence-electron chi connectivity index (χ4n) is 3.73. The van der Waals surface area contributed by atoms with Crippen molar-refractivity contribution in [2.75, 3.05) is 18.0 Å². The summed E-state index contributed by atoms with van der Waals surface area (Å²) in [6.07, 6.45) is -0.622. The number of rotatable bonds is 5. The number of carbonyl (C=O) groups excluding carboxylic acids is 2. The second kappa shape index (κ2) is 7.82. The van der Waals surface area contributed by atoms with E-state index in [-0.39, 0.29) is 24.8 Å². The molecule has 2 N–H and O–H groups in total. The van der Waals surface area contributed by atoms with E-state index < -0.39 is 12.0 Å². The minimum atomic E-state index is -0.808. The quantitative estimate of drug-likeness (QED) is 0.721. The highest BCUT2D eigenvalue weighted by Crippen LogP contribution is 2.26. The Morgan fingerprint density at radius 3 is 2.57 bits per heavy atom. The Morgan fingerprint density at radius 1 is 1.04 bits per heavy atom. The van der Waals surface area contributed by atoms with E-state index in [2.05, 4.69) is 5.32 Å². The third-order valence-corrected chi connectivity index (χ3v) is 5.22. The van der Waals surface area contributed by atoms with E-state index in [9.17, 15) is 14.7 Å². The van der Waals surface area contributed by atoms with Gasteiger partial charge in [0.2, 0.25) is 11.8 Å². The van der Waals surface area contributed by atoms with Crippen molar-refractivity contribution in [3.05, 3.63) is 78.4 Å². The maximum absolute atomic E-state index is 12.6. The number of hydrogen-bond acceptors (Lipinski definition) is 3. The number of hydrogen-bond donors (Lipinski definition) is 2. The highest BCUT2D eigenvalue weighted by Gasteiger charge is 2.35. The standard InChI is InChI=1S/C23H22N2O3/c26-21(20-12-6-8-16-7-4-5-11-19(16)20)14-24-23(28)17-13-22(27)25(15-17)18-9-2-1-3-10-18/h1-12,17,21,26H,13-15H2,(H,24,28)/t17-,21-/m1/s1. The molecule has 1 heterocycles. The fraction of sp³-hybridized carbons (Fsp3) is 0.217. The Balaban J connectivity index is 1.40. The molecule has 1 aliphatic rings. The molecule has 0 saturated carbocycles. The predicted octanol–water partition coefficient (Wildman–Crippen LogP) is 3.04. The second-order valence-corrected chi connectivity index (χ2v) is 7.07. The van der Waals surface area contributed by atoms with Crippen LogP contribution in [0.3, 0.4) is 0 Å². The van der Waals surface area contributed by atoms with Gasteiger partial charge in [-0.2, -0.15) is 0 Å². The van der Waals surface area contributed by atoms with Crippen LogP contribution in [0.25, 0.3) is 10.8 Å². The van der Waals surface area contributed by atoms with Crippen LogP contribution in [0.4, 0.5) is 5.69 Å². The Hall–Kier alpha value is -3.18. The van der Waals surface area contributed by atoms with Crippen molar-refractivity contribution in [2.24, 2.45) is 5.92 Å². The zero-order valence-electron chi connectivity index (χ0n) is 15.4. The highest BCUT2D eigenvalue weighted by atomic mass is 16.3. The molecule has 3 aromatic rings. The number of aliphatic hydroxyl groups excluding tert-OH is 1. The molecule has 0 unspecified atom stereocenters. The number of anilines is 1. The van der Waals surface area contributed by atoms with E-state index in [1.54, 1.807) is 4.90 Å². The van der Waals surface area contributed by atoms with Crippen molar-refractivity contribution in [3.63, 3.8) is 0 Å². The summed E-state index contributed by atoms with van der Waals surface area (Å²) in [5, 5.41) is 15.4. The number of aliphatic hydroxyl groups is 1. The first kappa shape index (κ1) is 18.2. The summed E-state index contributed by atoms with van der Waals surface area (Å²) in [5.74, 6) is -0.667. The van der Waals surface area contributed by atoms with Crippen LogP contribution >= 0.6 is 0 Å². The van der Waals surface area contributed by atoms with E-state index >= 15 is 0 Å². The Kier molecular flexibility index (Phi) is 5.08. The summed E-state index contributed by atoms with van der Waals surface area (Å²) in [5.41, 5.74) is 1.59. The van der Waals surface area contributed by atoms with Crippen LogP contribution in [0.15, 0.2) is 72.8 Å². The molecule has 1 saturated heterocycles. The van der Waals surface area contributed by atoms with Crippen molar-refractivity contribution in [2.45, 2.75) is 12.5 Å². The number of nitrogens with one attached hydrogen (secondary N) is 1. The largest absolute Gasteiger partial charge is 0.387 e. The van der Waals surface area contributed by atoms with Crippen LogP contribution in [-0.2, 0) is 9.59 Å². The summed E-state index contributed by atoms with van der Waals surface area (Å²) < 4.78 is 0. The number of nitrogens with zero attached hydrogens (tertiary/aromatic N) is 1. The van der Waals surface area contributed by atoms with Crippen LogP contribution in [0.5, 0.6) is 0 Å². The van der Waals surface area contributed by atoms with Crippen LogP contribution in [0.1, 0.15) is 18.1 Å². The van der Waals surface area contributed by atoms with Gasteiger partial charge >= 0.3 is 0 Å². The molecular weight excluding hydrogens is 352 g/mol. The zero-order chi connectivity index (χ0) is 19.5. The number of para-hydroxylation sites is 1. The topological polar surface area (TPSA) is 69.6 Å². The van der Waals surface area contributed by atoms with Gasteiger partial charge in [0.05, 0.1) is 12.0 Å². The van der Waals surface area contributed by atoms with Crippen molar-refractivity contribution >= 4 is 28.3 Å². The lowest BCUT2D eigenvalue weighted by Crippen LogP contribution is -2.35. The molecule has 3 aromatic carbocycles. The Labute approximate surface area is 163 Å². The number of amides is 2. The number of benzene rings is 3. The summed E-state index contributed by atoms with van der Waals surface area (Å²) in [6.45, 7) is 0.474. The van der Waals surface area contributed by atoms with Crippen LogP contribution in [0, 0.1) is 5.92 Å². The SMILES string of the molecule is O=C(NC[C@@H](O)c1cccc2ccccc12)[C@@H]1CC(=O)N(c2ccccc2)C1. The molecule has 142 valence electrons. The first-order valence-electron chi connectivity index (χ1n) is 9.42. The summed E-state index contributed by atoms with van der Waals surface area (Å²) in [4.78, 5) is 26.5. The fourth-order valence-corrected chi connectivity index (χ4v) is 3.73. The third kappa shape index (κ3) is 3.62. The first-order chi connectivity index (χ1) is 13.6. The van der Waals surface area contributed by atoms with Gasteiger partial charge in [-0.05, 0) is 28.5 Å². The molecule has 0 bridgehead atoms. The van der Waals surface area contributed by atoms with Gasteiger partial charge in [0.25, 0.3) is 0 Å². The van der Waals surface area contributed by atoms with E-state index in [4.69, 9.17) is 0 Å². The van der Waals surface area contributed by atoms with Crippen molar-refractivity contribution in [1.82, 2.24) is 5.32 Å². The Morgan fingerprint density at radius 2 is 1.75 bits per heavy atom. The van der Waals surface area contributed by atoms with Gasteiger partial charge < -0.3 is 15.3 Å². The van der Waals surface area contributed by atoms with Crippen molar-refractivity contribution in [3.8, 4) is 0 Å². The number of fused-ring (bicyclic) bond motifs is 1. The predicted molar refractivity (Wildman–Crippen MR) is 109 cm³/mol. The molecular formula is C23H22N2O3. The first-order valence-corrected chi connectivity index (χ1v) is 9.42. The van der Waals surface area contributed by atoms with Gasteiger partial charge in [0.15, 0.2) is 0 Å². The molecule has 4 rings (SSSR count). The molecule has 5 nitrogen and oxygen atoms in total. The third-order valence-electron chi connectivity index (χ3n) is 5.22. The molecule has 28 heavy (non-hydrogen) atoms. The molecule has 0 radical (unpaired) electrons. The van der Waals surface area contributed by atoms with Gasteiger partial charge in [0, 0.05) is 25.2 Å². The average Bonchev–Trinajstić information content (AvgIpc) is 3.13. The van der Waals surface area contributed by atoms with Crippen molar-refractivity contribution < 1.29 is 14.7 Å².